The minimum Gasteiger partial charge on any atom is -0.448 e. The number of amides is 1. The van der Waals surface area contributed by atoms with E-state index in [4.69, 9.17) is 4.74 Å². The van der Waals surface area contributed by atoms with Crippen molar-refractivity contribution in [2.75, 3.05) is 26.2 Å². The molecule has 1 fully saturated rings. The van der Waals surface area contributed by atoms with Gasteiger partial charge in [0.2, 0.25) is 0 Å². The summed E-state index contributed by atoms with van der Waals surface area (Å²) in [5, 5.41) is 3.43. The summed E-state index contributed by atoms with van der Waals surface area (Å²) in [7, 11) is 0. The van der Waals surface area contributed by atoms with E-state index >= 15 is 0 Å². The lowest BCUT2D eigenvalue weighted by molar-refractivity contribution is 0.152. The van der Waals surface area contributed by atoms with Gasteiger partial charge in [0.15, 0.2) is 0 Å². The molecule has 1 saturated heterocycles. The molecule has 0 spiro atoms. The largest absolute Gasteiger partial charge is 0.448 e. The smallest absolute Gasteiger partial charge is 0.409 e. The molecule has 2 unspecified atom stereocenters. The van der Waals surface area contributed by atoms with E-state index in [0.717, 1.165) is 26.1 Å². The first-order valence-corrected chi connectivity index (χ1v) is 5.84. The summed E-state index contributed by atoms with van der Waals surface area (Å²) in [4.78, 5) is 13.1. The van der Waals surface area contributed by atoms with E-state index < -0.39 is 0 Å². The highest BCUT2D eigenvalue weighted by Gasteiger charge is 2.26. The molecule has 4 nitrogen and oxygen atoms in total. The van der Waals surface area contributed by atoms with Crippen molar-refractivity contribution in [3.05, 3.63) is 0 Å². The predicted molar refractivity (Wildman–Crippen MR) is 59.8 cm³/mol. The standard InChI is InChI=1S/C11H22N2O2/c1-4-9(3)10(12-5-2)8-13-6-7-15-11(13)14/h9-10,12H,4-8H2,1-3H3. The number of hydrogen-bond donors (Lipinski definition) is 1. The Bertz CT molecular complexity index is 209. The van der Waals surface area contributed by atoms with Crippen LogP contribution < -0.4 is 5.32 Å². The van der Waals surface area contributed by atoms with E-state index in [1.807, 2.05) is 0 Å². The number of nitrogens with zero attached hydrogens (tertiary/aromatic N) is 1. The number of nitrogens with one attached hydrogen (secondary N) is 1. The number of cyclic esters (lactones) is 1. The van der Waals surface area contributed by atoms with Crippen molar-refractivity contribution in [3.63, 3.8) is 0 Å². The van der Waals surface area contributed by atoms with Crippen molar-refractivity contribution in [1.29, 1.82) is 0 Å². The first kappa shape index (κ1) is 12.3. The average Bonchev–Trinajstić information content (AvgIpc) is 2.63. The molecule has 0 aromatic rings. The van der Waals surface area contributed by atoms with Crippen LogP contribution in [-0.4, -0.2) is 43.3 Å². The fourth-order valence-electron chi connectivity index (χ4n) is 1.82. The summed E-state index contributed by atoms with van der Waals surface area (Å²) >= 11 is 0. The first-order valence-electron chi connectivity index (χ1n) is 5.84. The summed E-state index contributed by atoms with van der Waals surface area (Å²) in [5.41, 5.74) is 0. The average molecular weight is 214 g/mol. The van der Waals surface area contributed by atoms with Gasteiger partial charge >= 0.3 is 6.09 Å². The number of carbonyl (C=O) groups is 1. The lowest BCUT2D eigenvalue weighted by Gasteiger charge is -2.27. The molecular formula is C11H22N2O2. The van der Waals surface area contributed by atoms with Crippen LogP contribution in [0.5, 0.6) is 0 Å². The van der Waals surface area contributed by atoms with Crippen LogP contribution in [0.25, 0.3) is 0 Å². The Balaban J connectivity index is 2.45. The maximum atomic E-state index is 11.3. The van der Waals surface area contributed by atoms with Gasteiger partial charge in [-0.25, -0.2) is 4.79 Å². The molecular weight excluding hydrogens is 192 g/mol. The van der Waals surface area contributed by atoms with Gasteiger partial charge in [0.25, 0.3) is 0 Å². The van der Waals surface area contributed by atoms with Gasteiger partial charge < -0.3 is 15.0 Å². The Hall–Kier alpha value is -0.770. The SMILES string of the molecule is CCNC(CN1CCOC1=O)C(C)CC. The van der Waals surface area contributed by atoms with E-state index in [1.165, 1.54) is 0 Å². The molecule has 1 aliphatic rings. The third-order valence-corrected chi connectivity index (χ3v) is 3.06. The monoisotopic (exact) mass is 214 g/mol. The van der Waals surface area contributed by atoms with Crippen LogP contribution in [-0.2, 0) is 4.74 Å². The van der Waals surface area contributed by atoms with Gasteiger partial charge in [0.1, 0.15) is 6.61 Å². The molecule has 1 N–H and O–H groups in total. The van der Waals surface area contributed by atoms with E-state index in [2.05, 4.69) is 26.1 Å². The van der Waals surface area contributed by atoms with Crippen molar-refractivity contribution >= 4 is 6.09 Å². The Morgan fingerprint density at radius 1 is 1.53 bits per heavy atom. The Labute approximate surface area is 92.0 Å². The van der Waals surface area contributed by atoms with Crippen molar-refractivity contribution in [2.45, 2.75) is 33.2 Å². The molecule has 0 bridgehead atoms. The van der Waals surface area contributed by atoms with Crippen LogP contribution in [0, 0.1) is 5.92 Å². The maximum Gasteiger partial charge on any atom is 0.409 e. The van der Waals surface area contributed by atoms with Gasteiger partial charge in [-0.2, -0.15) is 0 Å². The third-order valence-electron chi connectivity index (χ3n) is 3.06. The third kappa shape index (κ3) is 3.38. The fourth-order valence-corrected chi connectivity index (χ4v) is 1.82. The van der Waals surface area contributed by atoms with E-state index in [-0.39, 0.29) is 6.09 Å². The van der Waals surface area contributed by atoms with Gasteiger partial charge in [-0.1, -0.05) is 27.2 Å². The molecule has 0 radical (unpaired) electrons. The predicted octanol–water partition coefficient (Wildman–Crippen LogP) is 1.46. The normalized spacial score (nSPS) is 20.2. The van der Waals surface area contributed by atoms with Crippen molar-refractivity contribution in [1.82, 2.24) is 10.2 Å². The molecule has 1 rings (SSSR count). The minimum absolute atomic E-state index is 0.166. The second-order valence-electron chi connectivity index (χ2n) is 4.11. The van der Waals surface area contributed by atoms with Crippen LogP contribution in [0.3, 0.4) is 0 Å². The van der Waals surface area contributed by atoms with Gasteiger partial charge in [0.05, 0.1) is 6.54 Å². The van der Waals surface area contributed by atoms with Gasteiger partial charge in [-0.3, -0.25) is 0 Å². The molecule has 2 atom stereocenters. The fraction of sp³-hybridized carbons (Fsp3) is 0.909. The highest BCUT2D eigenvalue weighted by Crippen LogP contribution is 2.12. The first-order chi connectivity index (χ1) is 7.19. The van der Waals surface area contributed by atoms with Gasteiger partial charge in [-0.15, -0.1) is 0 Å². The number of rotatable bonds is 6. The highest BCUT2D eigenvalue weighted by molar-refractivity contribution is 5.69. The number of likely N-dealkylation sites (N-methyl/N-ethyl adjacent to an activating group) is 1. The molecule has 1 aliphatic heterocycles. The highest BCUT2D eigenvalue weighted by atomic mass is 16.6. The topological polar surface area (TPSA) is 41.6 Å². The summed E-state index contributed by atoms with van der Waals surface area (Å²) in [5.74, 6) is 0.582. The lowest BCUT2D eigenvalue weighted by Crippen LogP contribution is -2.45. The summed E-state index contributed by atoms with van der Waals surface area (Å²) in [6.07, 6.45) is 0.960. The second-order valence-corrected chi connectivity index (χ2v) is 4.11. The van der Waals surface area contributed by atoms with E-state index in [9.17, 15) is 4.79 Å². The molecule has 0 saturated carbocycles. The zero-order chi connectivity index (χ0) is 11.3. The van der Waals surface area contributed by atoms with Crippen LogP contribution in [0.4, 0.5) is 4.79 Å². The Morgan fingerprint density at radius 2 is 2.27 bits per heavy atom. The Morgan fingerprint density at radius 3 is 2.73 bits per heavy atom. The van der Waals surface area contributed by atoms with Crippen LogP contribution in [0.15, 0.2) is 0 Å². The number of hydrogen-bond acceptors (Lipinski definition) is 3. The molecule has 1 heterocycles. The van der Waals surface area contributed by atoms with E-state index in [1.54, 1.807) is 4.90 Å². The number of ether oxygens (including phenoxy) is 1. The zero-order valence-corrected chi connectivity index (χ0v) is 9.95. The molecule has 4 heteroatoms. The van der Waals surface area contributed by atoms with Crippen molar-refractivity contribution in [2.24, 2.45) is 5.92 Å². The van der Waals surface area contributed by atoms with Crippen LogP contribution in [0.1, 0.15) is 27.2 Å². The lowest BCUT2D eigenvalue weighted by atomic mass is 9.98. The quantitative estimate of drug-likeness (QED) is 0.728. The second kappa shape index (κ2) is 5.95. The van der Waals surface area contributed by atoms with Crippen molar-refractivity contribution < 1.29 is 9.53 Å². The summed E-state index contributed by atoms with van der Waals surface area (Å²) in [6.45, 7) is 9.47. The zero-order valence-electron chi connectivity index (χ0n) is 9.95. The van der Waals surface area contributed by atoms with E-state index in [0.29, 0.717) is 18.6 Å². The van der Waals surface area contributed by atoms with Crippen molar-refractivity contribution in [3.8, 4) is 0 Å². The molecule has 15 heavy (non-hydrogen) atoms. The molecule has 0 aromatic heterocycles. The van der Waals surface area contributed by atoms with Crippen LogP contribution in [0.2, 0.25) is 0 Å². The summed E-state index contributed by atoms with van der Waals surface area (Å²) < 4.78 is 4.92. The maximum absolute atomic E-state index is 11.3. The summed E-state index contributed by atoms with van der Waals surface area (Å²) in [6, 6.07) is 0.380. The molecule has 0 aliphatic carbocycles. The molecule has 88 valence electrons. The van der Waals surface area contributed by atoms with Gasteiger partial charge in [0, 0.05) is 12.6 Å². The number of carbonyl (C=O) groups excluding carboxylic acids is 1. The Kier molecular flexibility index (Phi) is 4.88. The molecule has 0 aromatic carbocycles. The van der Waals surface area contributed by atoms with Crippen LogP contribution >= 0.6 is 0 Å². The van der Waals surface area contributed by atoms with Gasteiger partial charge in [-0.05, 0) is 12.5 Å². The minimum atomic E-state index is -0.166. The molecule has 1 amide bonds.